The molecule has 0 fully saturated rings. The van der Waals surface area contributed by atoms with Crippen molar-refractivity contribution in [2.45, 2.75) is 20.0 Å². The molecule has 1 aromatic heterocycles. The van der Waals surface area contributed by atoms with Crippen LogP contribution in [0.3, 0.4) is 0 Å². The first-order chi connectivity index (χ1) is 13.1. The van der Waals surface area contributed by atoms with Crippen LogP contribution in [0, 0.1) is 6.92 Å². The van der Waals surface area contributed by atoms with Crippen molar-refractivity contribution in [3.63, 3.8) is 0 Å². The number of pyridine rings is 1. The van der Waals surface area contributed by atoms with Crippen LogP contribution in [-0.2, 0) is 13.1 Å². The topological polar surface area (TPSA) is 71.1 Å². The summed E-state index contributed by atoms with van der Waals surface area (Å²) in [6.45, 7) is 2.79. The van der Waals surface area contributed by atoms with Crippen molar-refractivity contribution in [3.05, 3.63) is 101 Å². The van der Waals surface area contributed by atoms with E-state index < -0.39 is 0 Å². The molecule has 0 radical (unpaired) electrons. The van der Waals surface area contributed by atoms with E-state index in [2.05, 4.69) is 15.6 Å². The van der Waals surface area contributed by atoms with Crippen LogP contribution in [0.2, 0.25) is 0 Å². The fourth-order valence-corrected chi connectivity index (χ4v) is 2.68. The summed E-state index contributed by atoms with van der Waals surface area (Å²) in [4.78, 5) is 28.9. The molecule has 0 bridgehead atoms. The normalized spacial score (nSPS) is 10.3. The molecule has 0 atom stereocenters. The first kappa shape index (κ1) is 18.3. The van der Waals surface area contributed by atoms with Crippen molar-refractivity contribution in [3.8, 4) is 0 Å². The van der Waals surface area contributed by atoms with Crippen molar-refractivity contribution in [1.29, 1.82) is 0 Å². The molecular formula is C22H21N3O2. The lowest BCUT2D eigenvalue weighted by molar-refractivity contribution is 0.0950. The second-order valence-electron chi connectivity index (χ2n) is 6.26. The van der Waals surface area contributed by atoms with Gasteiger partial charge in [-0.25, -0.2) is 0 Å². The third kappa shape index (κ3) is 5.25. The maximum absolute atomic E-state index is 12.4. The van der Waals surface area contributed by atoms with E-state index in [0.29, 0.717) is 24.2 Å². The number of hydrogen-bond donors (Lipinski definition) is 2. The zero-order valence-corrected chi connectivity index (χ0v) is 15.1. The van der Waals surface area contributed by atoms with E-state index >= 15 is 0 Å². The van der Waals surface area contributed by atoms with Gasteiger partial charge in [-0.1, -0.05) is 42.0 Å². The summed E-state index contributed by atoms with van der Waals surface area (Å²) < 4.78 is 0. The van der Waals surface area contributed by atoms with Crippen LogP contribution in [0.25, 0.3) is 0 Å². The molecule has 27 heavy (non-hydrogen) atoms. The molecule has 0 unspecified atom stereocenters. The average Bonchev–Trinajstić information content (AvgIpc) is 2.71. The molecule has 136 valence electrons. The molecule has 0 aliphatic carbocycles. The number of aromatic nitrogens is 1. The van der Waals surface area contributed by atoms with Gasteiger partial charge in [0.1, 0.15) is 0 Å². The van der Waals surface area contributed by atoms with Gasteiger partial charge in [-0.15, -0.1) is 0 Å². The highest BCUT2D eigenvalue weighted by atomic mass is 16.2. The molecule has 3 rings (SSSR count). The van der Waals surface area contributed by atoms with Crippen LogP contribution in [-0.4, -0.2) is 16.8 Å². The van der Waals surface area contributed by atoms with Crippen molar-refractivity contribution in [1.82, 2.24) is 15.6 Å². The highest BCUT2D eigenvalue weighted by Crippen LogP contribution is 2.08. The van der Waals surface area contributed by atoms with Crippen molar-refractivity contribution < 1.29 is 9.59 Å². The Labute approximate surface area is 158 Å². The molecule has 0 saturated carbocycles. The molecule has 5 nitrogen and oxygen atoms in total. The lowest BCUT2D eigenvalue weighted by Crippen LogP contribution is -2.25. The van der Waals surface area contributed by atoms with Gasteiger partial charge < -0.3 is 10.6 Å². The number of carbonyl (C=O) groups is 2. The van der Waals surface area contributed by atoms with Crippen LogP contribution in [0.1, 0.15) is 37.5 Å². The van der Waals surface area contributed by atoms with Gasteiger partial charge in [0, 0.05) is 23.9 Å². The molecule has 3 aromatic rings. The molecule has 2 N–H and O–H groups in total. The van der Waals surface area contributed by atoms with Crippen molar-refractivity contribution in [2.24, 2.45) is 0 Å². The fraction of sp³-hybridized carbons (Fsp3) is 0.136. The standard InChI is InChI=1S/C22H21N3O2/c1-16-6-4-7-17(12-16)14-24-21(26)18-8-5-9-19(13-18)22(27)25-15-20-10-2-3-11-23-20/h2-13H,14-15H2,1H3,(H,24,26)(H,25,27). The molecule has 1 heterocycles. The van der Waals surface area contributed by atoms with E-state index in [1.807, 2.05) is 49.4 Å². The molecule has 0 aliphatic heterocycles. The van der Waals surface area contributed by atoms with E-state index in [-0.39, 0.29) is 11.8 Å². The Bertz CT molecular complexity index is 939. The zero-order chi connectivity index (χ0) is 19.1. The Kier molecular flexibility index (Phi) is 5.94. The number of aryl methyl sites for hydroxylation is 1. The number of rotatable bonds is 6. The van der Waals surface area contributed by atoms with Gasteiger partial charge in [0.2, 0.25) is 0 Å². The minimum Gasteiger partial charge on any atom is -0.348 e. The number of amides is 2. The number of carbonyl (C=O) groups excluding carboxylic acids is 2. The Morgan fingerprint density at radius 1 is 0.815 bits per heavy atom. The fourth-order valence-electron chi connectivity index (χ4n) is 2.68. The predicted octanol–water partition coefficient (Wildman–Crippen LogP) is 3.25. The lowest BCUT2D eigenvalue weighted by atomic mass is 10.1. The van der Waals surface area contributed by atoms with Gasteiger partial charge in [-0.05, 0) is 42.8 Å². The maximum atomic E-state index is 12.4. The van der Waals surface area contributed by atoms with Gasteiger partial charge in [0.15, 0.2) is 0 Å². The lowest BCUT2D eigenvalue weighted by Gasteiger charge is -2.08. The summed E-state index contributed by atoms with van der Waals surface area (Å²) in [5, 5.41) is 5.70. The highest BCUT2D eigenvalue weighted by Gasteiger charge is 2.10. The zero-order valence-electron chi connectivity index (χ0n) is 15.1. The van der Waals surface area contributed by atoms with Gasteiger partial charge in [-0.2, -0.15) is 0 Å². The quantitative estimate of drug-likeness (QED) is 0.710. The Morgan fingerprint density at radius 2 is 1.52 bits per heavy atom. The molecule has 0 saturated heterocycles. The number of nitrogens with one attached hydrogen (secondary N) is 2. The number of benzene rings is 2. The second-order valence-corrected chi connectivity index (χ2v) is 6.26. The largest absolute Gasteiger partial charge is 0.348 e. The van der Waals surface area contributed by atoms with E-state index in [9.17, 15) is 9.59 Å². The van der Waals surface area contributed by atoms with Gasteiger partial charge in [0.25, 0.3) is 11.8 Å². The summed E-state index contributed by atoms with van der Waals surface area (Å²) in [6, 6.07) is 20.2. The highest BCUT2D eigenvalue weighted by molar-refractivity contribution is 5.99. The molecule has 2 aromatic carbocycles. The van der Waals surface area contributed by atoms with Crippen molar-refractivity contribution in [2.75, 3.05) is 0 Å². The summed E-state index contributed by atoms with van der Waals surface area (Å²) in [5.74, 6) is -0.454. The van der Waals surface area contributed by atoms with Crippen LogP contribution >= 0.6 is 0 Å². The molecule has 0 spiro atoms. The Balaban J connectivity index is 1.60. The second kappa shape index (κ2) is 8.76. The molecule has 0 aliphatic rings. The van der Waals surface area contributed by atoms with E-state index in [1.165, 1.54) is 0 Å². The summed E-state index contributed by atoms with van der Waals surface area (Å²) in [7, 11) is 0. The predicted molar refractivity (Wildman–Crippen MR) is 104 cm³/mol. The Morgan fingerprint density at radius 3 is 2.19 bits per heavy atom. The summed E-state index contributed by atoms with van der Waals surface area (Å²) in [6.07, 6.45) is 1.68. The molecular weight excluding hydrogens is 338 g/mol. The van der Waals surface area contributed by atoms with E-state index in [4.69, 9.17) is 0 Å². The van der Waals surface area contributed by atoms with Gasteiger partial charge >= 0.3 is 0 Å². The average molecular weight is 359 g/mol. The van der Waals surface area contributed by atoms with Crippen LogP contribution < -0.4 is 10.6 Å². The number of nitrogens with zero attached hydrogens (tertiary/aromatic N) is 1. The third-order valence-corrected chi connectivity index (χ3v) is 4.08. The first-order valence-corrected chi connectivity index (χ1v) is 8.74. The minimum atomic E-state index is -0.242. The van der Waals surface area contributed by atoms with Gasteiger partial charge in [0.05, 0.1) is 12.2 Å². The van der Waals surface area contributed by atoms with E-state index in [0.717, 1.165) is 16.8 Å². The monoisotopic (exact) mass is 359 g/mol. The maximum Gasteiger partial charge on any atom is 0.251 e. The Hall–Kier alpha value is -3.47. The van der Waals surface area contributed by atoms with Crippen LogP contribution in [0.5, 0.6) is 0 Å². The van der Waals surface area contributed by atoms with Crippen LogP contribution in [0.4, 0.5) is 0 Å². The SMILES string of the molecule is Cc1cccc(CNC(=O)c2cccc(C(=O)NCc3ccccn3)c2)c1. The van der Waals surface area contributed by atoms with Gasteiger partial charge in [-0.3, -0.25) is 14.6 Å². The summed E-state index contributed by atoms with van der Waals surface area (Å²) in [5.41, 5.74) is 3.85. The van der Waals surface area contributed by atoms with Crippen LogP contribution in [0.15, 0.2) is 72.9 Å². The van der Waals surface area contributed by atoms with Crippen molar-refractivity contribution >= 4 is 11.8 Å². The molecule has 5 heteroatoms. The first-order valence-electron chi connectivity index (χ1n) is 8.74. The number of hydrogen-bond acceptors (Lipinski definition) is 3. The molecule has 2 amide bonds. The van der Waals surface area contributed by atoms with E-state index in [1.54, 1.807) is 30.5 Å². The third-order valence-electron chi connectivity index (χ3n) is 4.08. The summed E-state index contributed by atoms with van der Waals surface area (Å²) >= 11 is 0. The smallest absolute Gasteiger partial charge is 0.251 e. The minimum absolute atomic E-state index is 0.212.